The third-order valence-corrected chi connectivity index (χ3v) is 6.18. The van der Waals surface area contributed by atoms with Crippen LogP contribution in [0.1, 0.15) is 27.2 Å². The van der Waals surface area contributed by atoms with Gasteiger partial charge in [-0.1, -0.05) is 24.3 Å². The second kappa shape index (κ2) is 8.94. The number of nitrogens with one attached hydrogen (secondary N) is 3. The number of rotatable bonds is 7. The smallest absolute Gasteiger partial charge is 0.272 e. The molecule has 1 amide bonds. The van der Waals surface area contributed by atoms with E-state index >= 15 is 0 Å². The zero-order valence-corrected chi connectivity index (χ0v) is 18.7. The van der Waals surface area contributed by atoms with Crippen LogP contribution < -0.4 is 10.6 Å². The van der Waals surface area contributed by atoms with Crippen molar-refractivity contribution >= 4 is 32.6 Å². The van der Waals surface area contributed by atoms with Crippen molar-refractivity contribution in [2.45, 2.75) is 24.9 Å². The van der Waals surface area contributed by atoms with Crippen LogP contribution in [0.4, 0.5) is 10.2 Å². The average molecular weight is 469 g/mol. The van der Waals surface area contributed by atoms with Gasteiger partial charge in [-0.25, -0.2) is 22.8 Å². The van der Waals surface area contributed by atoms with Gasteiger partial charge >= 0.3 is 0 Å². The fraction of sp³-hybridized carbons (Fsp3) is 0.182. The highest BCUT2D eigenvalue weighted by molar-refractivity contribution is 7.90. The topological polar surface area (TPSA) is 130 Å². The van der Waals surface area contributed by atoms with E-state index in [0.29, 0.717) is 29.0 Å². The van der Waals surface area contributed by atoms with Crippen molar-refractivity contribution in [1.29, 1.82) is 0 Å². The van der Waals surface area contributed by atoms with Crippen molar-refractivity contribution in [2.75, 3.05) is 11.6 Å². The van der Waals surface area contributed by atoms with Crippen LogP contribution in [-0.4, -0.2) is 40.7 Å². The Balaban J connectivity index is 1.46. The van der Waals surface area contributed by atoms with Crippen LogP contribution in [0, 0.1) is 12.7 Å². The van der Waals surface area contributed by atoms with Crippen LogP contribution in [0.15, 0.2) is 53.7 Å². The van der Waals surface area contributed by atoms with Gasteiger partial charge in [0.15, 0.2) is 21.3 Å². The maximum atomic E-state index is 13.4. The molecule has 9 nitrogen and oxygen atoms in total. The molecule has 4 rings (SSSR count). The van der Waals surface area contributed by atoms with Crippen LogP contribution in [0.5, 0.6) is 0 Å². The highest BCUT2D eigenvalue weighted by Crippen LogP contribution is 2.21. The average Bonchev–Trinajstić information content (AvgIpc) is 3.21. The summed E-state index contributed by atoms with van der Waals surface area (Å²) in [6.45, 7) is 2.25. The number of hydrogen-bond acceptors (Lipinski definition) is 7. The minimum atomic E-state index is -3.26. The van der Waals surface area contributed by atoms with Gasteiger partial charge in [0.25, 0.3) is 5.91 Å². The fourth-order valence-corrected chi connectivity index (χ4v) is 3.88. The van der Waals surface area contributed by atoms with Gasteiger partial charge in [0.1, 0.15) is 23.2 Å². The monoisotopic (exact) mass is 468 g/mol. The summed E-state index contributed by atoms with van der Waals surface area (Å²) in [5.74, 6) is -0.287. The molecule has 2 aromatic heterocycles. The lowest BCUT2D eigenvalue weighted by atomic mass is 10.1. The Kier molecular flexibility index (Phi) is 6.05. The predicted molar refractivity (Wildman–Crippen MR) is 121 cm³/mol. The Hall–Kier alpha value is -3.86. The SMILES string of the molecule is Cc1cc(CNC(=O)c2ncnc3c(NCc4ccc(S(C)(=O)=O)cc4)n[nH]c23)ccc1F. The second-order valence-electron chi connectivity index (χ2n) is 7.55. The summed E-state index contributed by atoms with van der Waals surface area (Å²) in [6.07, 6.45) is 2.44. The molecule has 0 fully saturated rings. The number of hydrogen-bond donors (Lipinski definition) is 3. The van der Waals surface area contributed by atoms with Crippen LogP contribution in [0.3, 0.4) is 0 Å². The van der Waals surface area contributed by atoms with E-state index in [9.17, 15) is 17.6 Å². The molecule has 11 heteroatoms. The van der Waals surface area contributed by atoms with E-state index in [4.69, 9.17) is 0 Å². The highest BCUT2D eigenvalue weighted by Gasteiger charge is 2.17. The van der Waals surface area contributed by atoms with Gasteiger partial charge < -0.3 is 10.6 Å². The number of nitrogens with zero attached hydrogens (tertiary/aromatic N) is 3. The molecule has 0 spiro atoms. The Morgan fingerprint density at radius 2 is 1.79 bits per heavy atom. The third kappa shape index (κ3) is 4.98. The number of aromatic amines is 1. The largest absolute Gasteiger partial charge is 0.363 e. The molecule has 2 heterocycles. The van der Waals surface area contributed by atoms with E-state index in [1.807, 2.05) is 0 Å². The first-order valence-corrected chi connectivity index (χ1v) is 11.9. The number of aromatic nitrogens is 4. The summed E-state index contributed by atoms with van der Waals surface area (Å²) in [4.78, 5) is 21.2. The first kappa shape index (κ1) is 22.3. The molecular formula is C22H21FN6O3S. The standard InChI is InChI=1S/C22H21FN6O3S/c1-13-9-15(5-8-17(13)23)11-25-22(30)20-18-19(26-12-27-20)21(29-28-18)24-10-14-3-6-16(7-4-14)33(2,31)32/h3-9,12H,10-11H2,1-2H3,(H,25,30)(H2,24,28,29). The predicted octanol–water partition coefficient (Wildman–Crippen LogP) is 2.75. The summed E-state index contributed by atoms with van der Waals surface area (Å²) >= 11 is 0. The molecule has 0 saturated heterocycles. The zero-order valence-electron chi connectivity index (χ0n) is 17.9. The molecule has 0 atom stereocenters. The van der Waals surface area contributed by atoms with Gasteiger partial charge in [0.2, 0.25) is 0 Å². The number of fused-ring (bicyclic) bond motifs is 1. The number of carbonyl (C=O) groups excluding carboxylic acids is 1. The fourth-order valence-electron chi connectivity index (χ4n) is 3.25. The lowest BCUT2D eigenvalue weighted by Gasteiger charge is -2.07. The van der Waals surface area contributed by atoms with E-state index in [2.05, 4.69) is 30.8 Å². The molecule has 3 N–H and O–H groups in total. The summed E-state index contributed by atoms with van der Waals surface area (Å²) in [5.41, 5.74) is 3.07. The van der Waals surface area contributed by atoms with Crippen molar-refractivity contribution in [3.8, 4) is 0 Å². The summed E-state index contributed by atoms with van der Waals surface area (Å²) in [6, 6.07) is 11.2. The zero-order chi connectivity index (χ0) is 23.6. The molecule has 33 heavy (non-hydrogen) atoms. The molecule has 0 radical (unpaired) electrons. The molecule has 0 aliphatic carbocycles. The van der Waals surface area contributed by atoms with E-state index in [1.165, 1.54) is 12.4 Å². The van der Waals surface area contributed by atoms with Gasteiger partial charge in [-0.3, -0.25) is 9.89 Å². The Morgan fingerprint density at radius 3 is 2.48 bits per heavy atom. The molecule has 4 aromatic rings. The van der Waals surface area contributed by atoms with Crippen molar-refractivity contribution in [3.05, 3.63) is 77.0 Å². The minimum absolute atomic E-state index is 0.136. The van der Waals surface area contributed by atoms with E-state index < -0.39 is 15.7 Å². The van der Waals surface area contributed by atoms with Crippen LogP contribution in [0.2, 0.25) is 0 Å². The first-order valence-electron chi connectivity index (χ1n) is 9.97. The van der Waals surface area contributed by atoms with Crippen molar-refractivity contribution in [2.24, 2.45) is 0 Å². The first-order chi connectivity index (χ1) is 15.7. The maximum Gasteiger partial charge on any atom is 0.272 e. The molecule has 0 aliphatic heterocycles. The van der Waals surface area contributed by atoms with Crippen LogP contribution in [0.25, 0.3) is 11.0 Å². The van der Waals surface area contributed by atoms with Crippen molar-refractivity contribution in [1.82, 2.24) is 25.5 Å². The molecular weight excluding hydrogens is 447 g/mol. The van der Waals surface area contributed by atoms with Crippen LogP contribution >= 0.6 is 0 Å². The lowest BCUT2D eigenvalue weighted by molar-refractivity contribution is 0.0947. The van der Waals surface area contributed by atoms with Gasteiger partial charge in [-0.2, -0.15) is 5.10 Å². The number of benzene rings is 2. The third-order valence-electron chi connectivity index (χ3n) is 5.05. The maximum absolute atomic E-state index is 13.4. The summed E-state index contributed by atoms with van der Waals surface area (Å²) in [5, 5.41) is 12.9. The minimum Gasteiger partial charge on any atom is -0.363 e. The van der Waals surface area contributed by atoms with E-state index in [-0.39, 0.29) is 23.0 Å². The Bertz CT molecular complexity index is 1430. The molecule has 0 unspecified atom stereocenters. The normalized spacial score (nSPS) is 11.5. The van der Waals surface area contributed by atoms with Gasteiger partial charge in [0, 0.05) is 19.3 Å². The number of amides is 1. The number of sulfone groups is 1. The van der Waals surface area contributed by atoms with E-state index in [1.54, 1.807) is 43.3 Å². The quantitative estimate of drug-likeness (QED) is 0.380. The summed E-state index contributed by atoms with van der Waals surface area (Å²) < 4.78 is 36.6. The molecule has 170 valence electrons. The van der Waals surface area contributed by atoms with Gasteiger partial charge in [0.05, 0.1) is 4.90 Å². The van der Waals surface area contributed by atoms with Crippen LogP contribution in [-0.2, 0) is 22.9 Å². The molecule has 0 bridgehead atoms. The van der Waals surface area contributed by atoms with E-state index in [0.717, 1.165) is 17.4 Å². The molecule has 2 aromatic carbocycles. The number of halogens is 1. The summed E-state index contributed by atoms with van der Waals surface area (Å²) in [7, 11) is -3.26. The number of aryl methyl sites for hydroxylation is 1. The number of anilines is 1. The van der Waals surface area contributed by atoms with Gasteiger partial charge in [-0.15, -0.1) is 0 Å². The van der Waals surface area contributed by atoms with Crippen molar-refractivity contribution in [3.63, 3.8) is 0 Å². The van der Waals surface area contributed by atoms with Crippen molar-refractivity contribution < 1.29 is 17.6 Å². The Labute approximate surface area is 189 Å². The number of carbonyl (C=O) groups is 1. The molecule has 0 saturated carbocycles. The second-order valence-corrected chi connectivity index (χ2v) is 9.57. The Morgan fingerprint density at radius 1 is 1.06 bits per heavy atom. The van der Waals surface area contributed by atoms with Gasteiger partial charge in [-0.05, 0) is 41.8 Å². The number of H-pyrrole nitrogens is 1. The molecule has 0 aliphatic rings. The lowest BCUT2D eigenvalue weighted by Crippen LogP contribution is -2.24. The highest BCUT2D eigenvalue weighted by atomic mass is 32.2.